The Bertz CT molecular complexity index is 701. The van der Waals surface area contributed by atoms with Gasteiger partial charge in [-0.05, 0) is 34.1 Å². The second-order valence-corrected chi connectivity index (χ2v) is 6.24. The highest BCUT2D eigenvalue weighted by atomic mass is 79.9. The number of halogens is 3. The van der Waals surface area contributed by atoms with Gasteiger partial charge in [-0.3, -0.25) is 4.79 Å². The molecule has 136 valence electrons. The van der Waals surface area contributed by atoms with Gasteiger partial charge in [0.15, 0.2) is 0 Å². The Hall–Kier alpha value is -1.34. The summed E-state index contributed by atoms with van der Waals surface area (Å²) in [5.41, 5.74) is 1.46. The van der Waals surface area contributed by atoms with Gasteiger partial charge in [0.1, 0.15) is 11.4 Å². The molecule has 5 nitrogen and oxygen atoms in total. The zero-order chi connectivity index (χ0) is 16.2. The molecule has 3 rings (SSSR count). The van der Waals surface area contributed by atoms with Crippen LogP contribution >= 0.6 is 40.7 Å². The van der Waals surface area contributed by atoms with E-state index in [-0.39, 0.29) is 36.8 Å². The molecule has 1 N–H and O–H groups in total. The lowest BCUT2D eigenvalue weighted by Crippen LogP contribution is -2.49. The number of piperazine rings is 1. The number of amides is 1. The molecule has 0 aliphatic carbocycles. The van der Waals surface area contributed by atoms with Gasteiger partial charge in [-0.2, -0.15) is 0 Å². The molecule has 25 heavy (non-hydrogen) atoms. The number of aromatic nitrogens is 1. The minimum atomic E-state index is -0.0714. The molecule has 1 aliphatic heterocycles. The highest BCUT2D eigenvalue weighted by molar-refractivity contribution is 9.10. The number of rotatable bonds is 3. The van der Waals surface area contributed by atoms with E-state index in [1.807, 2.05) is 35.2 Å². The Morgan fingerprint density at radius 1 is 1.28 bits per heavy atom. The first-order chi connectivity index (χ1) is 11.2. The number of para-hydroxylation sites is 1. The van der Waals surface area contributed by atoms with E-state index in [0.717, 1.165) is 22.3 Å². The fourth-order valence-corrected chi connectivity index (χ4v) is 3.05. The maximum Gasteiger partial charge on any atom is 0.273 e. The number of methoxy groups -OCH3 is 1. The van der Waals surface area contributed by atoms with E-state index in [0.29, 0.717) is 18.8 Å². The minimum absolute atomic E-state index is 0. The van der Waals surface area contributed by atoms with Crippen molar-refractivity contribution in [1.29, 1.82) is 0 Å². The van der Waals surface area contributed by atoms with Gasteiger partial charge in [0.25, 0.3) is 5.91 Å². The van der Waals surface area contributed by atoms with Crippen LogP contribution in [0.15, 0.2) is 47.1 Å². The Morgan fingerprint density at radius 3 is 2.72 bits per heavy atom. The summed E-state index contributed by atoms with van der Waals surface area (Å²) in [6.07, 6.45) is 1.65. The van der Waals surface area contributed by atoms with Crippen molar-refractivity contribution in [3.05, 3.63) is 58.3 Å². The van der Waals surface area contributed by atoms with Crippen LogP contribution in [0.1, 0.15) is 22.1 Å². The molecule has 8 heteroatoms. The Morgan fingerprint density at radius 2 is 2.04 bits per heavy atom. The van der Waals surface area contributed by atoms with Crippen LogP contribution in [0.4, 0.5) is 0 Å². The van der Waals surface area contributed by atoms with Gasteiger partial charge in [-0.1, -0.05) is 18.2 Å². The van der Waals surface area contributed by atoms with E-state index in [9.17, 15) is 4.79 Å². The van der Waals surface area contributed by atoms with Gasteiger partial charge in [-0.25, -0.2) is 4.98 Å². The maximum absolute atomic E-state index is 12.9. The maximum atomic E-state index is 12.9. The van der Waals surface area contributed by atoms with Crippen molar-refractivity contribution in [3.63, 3.8) is 0 Å². The first-order valence-electron chi connectivity index (χ1n) is 7.47. The standard InChI is InChI=1S/C17H18BrN3O2.2ClH/c1-23-16-5-3-2-4-13(16)15-11-19-8-9-21(15)17(22)14-7-6-12(18)10-20-14;;/h2-7,10,15,19H,8-9,11H2,1H3;2*1H. The van der Waals surface area contributed by atoms with Crippen LogP contribution < -0.4 is 10.1 Å². The average molecular weight is 449 g/mol. The van der Waals surface area contributed by atoms with Crippen LogP contribution in [0.3, 0.4) is 0 Å². The third-order valence-corrected chi connectivity index (χ3v) is 4.42. The predicted octanol–water partition coefficient (Wildman–Crippen LogP) is 3.48. The number of pyridine rings is 1. The van der Waals surface area contributed by atoms with E-state index >= 15 is 0 Å². The number of hydrogen-bond acceptors (Lipinski definition) is 4. The van der Waals surface area contributed by atoms with Crippen molar-refractivity contribution in [2.24, 2.45) is 0 Å². The molecule has 2 aromatic rings. The quantitative estimate of drug-likeness (QED) is 0.780. The van der Waals surface area contributed by atoms with Gasteiger partial charge in [0, 0.05) is 35.9 Å². The number of carbonyl (C=O) groups is 1. The molecular formula is C17H20BrCl2N3O2. The van der Waals surface area contributed by atoms with Crippen molar-refractivity contribution in [1.82, 2.24) is 15.2 Å². The van der Waals surface area contributed by atoms with Gasteiger partial charge in [0.2, 0.25) is 0 Å². The van der Waals surface area contributed by atoms with Gasteiger partial charge in [-0.15, -0.1) is 24.8 Å². The molecule has 1 atom stereocenters. The summed E-state index contributed by atoms with van der Waals surface area (Å²) < 4.78 is 6.32. The molecule has 0 saturated carbocycles. The summed E-state index contributed by atoms with van der Waals surface area (Å²) in [4.78, 5) is 19.0. The SMILES string of the molecule is COc1ccccc1C1CNCCN1C(=O)c1ccc(Br)cn1.Cl.Cl. The molecule has 1 amide bonds. The van der Waals surface area contributed by atoms with Gasteiger partial charge < -0.3 is 15.0 Å². The van der Waals surface area contributed by atoms with Crippen molar-refractivity contribution in [3.8, 4) is 5.75 Å². The third-order valence-electron chi connectivity index (χ3n) is 3.95. The summed E-state index contributed by atoms with van der Waals surface area (Å²) in [5, 5.41) is 3.35. The summed E-state index contributed by atoms with van der Waals surface area (Å²) in [7, 11) is 1.65. The van der Waals surface area contributed by atoms with Crippen LogP contribution in [0.25, 0.3) is 0 Å². The smallest absolute Gasteiger partial charge is 0.273 e. The van der Waals surface area contributed by atoms with E-state index in [2.05, 4.69) is 26.2 Å². The zero-order valence-corrected chi connectivity index (χ0v) is 16.9. The molecule has 0 spiro atoms. The summed E-state index contributed by atoms with van der Waals surface area (Å²) in [6, 6.07) is 11.3. The number of nitrogens with one attached hydrogen (secondary N) is 1. The van der Waals surface area contributed by atoms with Crippen LogP contribution in [0.5, 0.6) is 5.75 Å². The number of carbonyl (C=O) groups excluding carboxylic acids is 1. The van der Waals surface area contributed by atoms with Crippen LogP contribution in [-0.4, -0.2) is 42.5 Å². The largest absolute Gasteiger partial charge is 0.496 e. The molecule has 1 unspecified atom stereocenters. The molecule has 1 aromatic heterocycles. The molecule has 1 fully saturated rings. The van der Waals surface area contributed by atoms with Crippen molar-refractivity contribution >= 4 is 46.7 Å². The third kappa shape index (κ3) is 4.85. The fraction of sp³-hybridized carbons (Fsp3) is 0.294. The molecule has 1 aromatic carbocycles. The van der Waals surface area contributed by atoms with Crippen LogP contribution in [-0.2, 0) is 0 Å². The van der Waals surface area contributed by atoms with Crippen LogP contribution in [0, 0.1) is 0 Å². The fourth-order valence-electron chi connectivity index (χ4n) is 2.82. The van der Waals surface area contributed by atoms with E-state index in [4.69, 9.17) is 4.74 Å². The Balaban J connectivity index is 0.00000156. The molecular weight excluding hydrogens is 429 g/mol. The number of nitrogens with zero attached hydrogens (tertiary/aromatic N) is 2. The lowest BCUT2D eigenvalue weighted by molar-refractivity contribution is 0.0625. The van der Waals surface area contributed by atoms with Gasteiger partial charge >= 0.3 is 0 Å². The zero-order valence-electron chi connectivity index (χ0n) is 13.6. The Kier molecular flexibility index (Phi) is 8.65. The van der Waals surface area contributed by atoms with Crippen molar-refractivity contribution < 1.29 is 9.53 Å². The van der Waals surface area contributed by atoms with E-state index < -0.39 is 0 Å². The predicted molar refractivity (Wildman–Crippen MR) is 106 cm³/mol. The lowest BCUT2D eigenvalue weighted by atomic mass is 10.0. The molecule has 0 bridgehead atoms. The molecule has 0 radical (unpaired) electrons. The summed E-state index contributed by atoms with van der Waals surface area (Å²) in [5.74, 6) is 0.734. The van der Waals surface area contributed by atoms with E-state index in [1.165, 1.54) is 0 Å². The monoisotopic (exact) mass is 447 g/mol. The Labute approximate surface area is 168 Å². The summed E-state index contributed by atoms with van der Waals surface area (Å²) in [6.45, 7) is 2.11. The minimum Gasteiger partial charge on any atom is -0.496 e. The van der Waals surface area contributed by atoms with Crippen LogP contribution in [0.2, 0.25) is 0 Å². The molecule has 1 saturated heterocycles. The second kappa shape index (κ2) is 9.97. The van der Waals surface area contributed by atoms with Gasteiger partial charge in [0.05, 0.1) is 13.2 Å². The highest BCUT2D eigenvalue weighted by Gasteiger charge is 2.30. The number of benzene rings is 1. The van der Waals surface area contributed by atoms with Crippen molar-refractivity contribution in [2.45, 2.75) is 6.04 Å². The molecule has 1 aliphatic rings. The second-order valence-electron chi connectivity index (χ2n) is 5.32. The van der Waals surface area contributed by atoms with Crippen molar-refractivity contribution in [2.75, 3.05) is 26.7 Å². The topological polar surface area (TPSA) is 54.5 Å². The number of hydrogen-bond donors (Lipinski definition) is 1. The molecule has 2 heterocycles. The normalized spacial score (nSPS) is 16.4. The summed E-state index contributed by atoms with van der Waals surface area (Å²) >= 11 is 3.34. The lowest BCUT2D eigenvalue weighted by Gasteiger charge is -2.36. The highest BCUT2D eigenvalue weighted by Crippen LogP contribution is 2.31. The first kappa shape index (κ1) is 21.7. The number of ether oxygens (including phenoxy) is 1. The van der Waals surface area contributed by atoms with E-state index in [1.54, 1.807) is 19.4 Å². The average Bonchev–Trinajstić information content (AvgIpc) is 2.62. The first-order valence-corrected chi connectivity index (χ1v) is 8.26.